The van der Waals surface area contributed by atoms with Gasteiger partial charge in [0.1, 0.15) is 0 Å². The van der Waals surface area contributed by atoms with E-state index < -0.39 is 0 Å². The maximum atomic E-state index is 9.16. The number of hydrogen-bond acceptors (Lipinski definition) is 1. The van der Waals surface area contributed by atoms with E-state index in [0.717, 1.165) is 11.0 Å². The van der Waals surface area contributed by atoms with E-state index in [9.17, 15) is 0 Å². The Bertz CT molecular complexity index is 198. The van der Waals surface area contributed by atoms with Gasteiger partial charge in [-0.2, -0.15) is 0 Å². The Morgan fingerprint density at radius 2 is 0.952 bits per heavy atom. The van der Waals surface area contributed by atoms with Crippen LogP contribution in [0.2, 0.25) is 0 Å². The van der Waals surface area contributed by atoms with Gasteiger partial charge in [-0.05, 0) is 12.8 Å². The maximum absolute atomic E-state index is 9.16. The summed E-state index contributed by atoms with van der Waals surface area (Å²) in [6.07, 6.45) is 18.2. The normalized spacial score (nSPS) is 11.4. The van der Waals surface area contributed by atoms with Crippen LogP contribution in [0.15, 0.2) is 0 Å². The summed E-state index contributed by atoms with van der Waals surface area (Å²) in [6, 6.07) is 0. The number of quaternary nitrogens is 1. The van der Waals surface area contributed by atoms with E-state index in [1.54, 1.807) is 0 Å². The van der Waals surface area contributed by atoms with Crippen molar-refractivity contribution in [3.8, 4) is 0 Å². The number of aliphatic hydroxyl groups excluding tert-OH is 1. The molecule has 2 nitrogen and oxygen atoms in total. The van der Waals surface area contributed by atoms with E-state index in [1.807, 2.05) is 0 Å². The lowest BCUT2D eigenvalue weighted by Crippen LogP contribution is -3.00. The van der Waals surface area contributed by atoms with Crippen molar-refractivity contribution < 1.29 is 26.6 Å². The molecule has 0 unspecified atom stereocenters. The Kier molecular flexibility index (Phi) is 18.9. The monoisotopic (exact) mass is 365 g/mol. The van der Waals surface area contributed by atoms with Gasteiger partial charge in [-0.1, -0.05) is 77.6 Å². The quantitative estimate of drug-likeness (QED) is 0.267. The Balaban J connectivity index is 0. The Morgan fingerprint density at radius 1 is 0.619 bits per heavy atom. The van der Waals surface area contributed by atoms with E-state index in [-0.39, 0.29) is 23.7 Å². The summed E-state index contributed by atoms with van der Waals surface area (Å²) < 4.78 is 0.748. The lowest BCUT2D eigenvalue weighted by atomic mass is 10.0. The van der Waals surface area contributed by atoms with Gasteiger partial charge in [0.2, 0.25) is 0 Å². The van der Waals surface area contributed by atoms with Crippen LogP contribution in [-0.4, -0.2) is 37.0 Å². The molecule has 0 saturated carbocycles. The minimum absolute atomic E-state index is 0. The third kappa shape index (κ3) is 18.4. The third-order valence-electron chi connectivity index (χ3n) is 4.25. The fraction of sp³-hybridized carbons (Fsp3) is 1.00. The molecular formula is C18H40BrNO. The molecule has 0 rings (SSSR count). The molecule has 0 aromatic heterocycles. The highest BCUT2D eigenvalue weighted by Gasteiger charge is 2.11. The van der Waals surface area contributed by atoms with Crippen molar-refractivity contribution in [2.75, 3.05) is 27.4 Å². The molecule has 0 aromatic carbocycles. The first-order chi connectivity index (χ1) is 9.62. The molecule has 0 saturated heterocycles. The van der Waals surface area contributed by atoms with Crippen molar-refractivity contribution in [1.29, 1.82) is 0 Å². The number of aliphatic hydroxyl groups is 1. The molecule has 0 fully saturated rings. The predicted molar refractivity (Wildman–Crippen MR) is 89.8 cm³/mol. The zero-order chi connectivity index (χ0) is 15.1. The summed E-state index contributed by atoms with van der Waals surface area (Å²) in [6.45, 7) is 3.65. The van der Waals surface area contributed by atoms with Gasteiger partial charge in [0.15, 0.2) is 6.73 Å². The van der Waals surface area contributed by atoms with Crippen molar-refractivity contribution in [1.82, 2.24) is 0 Å². The summed E-state index contributed by atoms with van der Waals surface area (Å²) in [4.78, 5) is 0. The summed E-state index contributed by atoms with van der Waals surface area (Å²) in [5.41, 5.74) is 0. The number of halogens is 1. The highest BCUT2D eigenvalue weighted by molar-refractivity contribution is 4.48. The van der Waals surface area contributed by atoms with Crippen LogP contribution < -0.4 is 17.0 Å². The van der Waals surface area contributed by atoms with Crippen molar-refractivity contribution in [2.45, 2.75) is 90.4 Å². The molecule has 0 amide bonds. The topological polar surface area (TPSA) is 20.2 Å². The van der Waals surface area contributed by atoms with Gasteiger partial charge in [0.25, 0.3) is 0 Å². The van der Waals surface area contributed by atoms with Crippen LogP contribution in [0.4, 0.5) is 0 Å². The van der Waals surface area contributed by atoms with Crippen LogP contribution in [0.1, 0.15) is 90.4 Å². The average molecular weight is 366 g/mol. The van der Waals surface area contributed by atoms with E-state index in [1.165, 1.54) is 83.5 Å². The van der Waals surface area contributed by atoms with Crippen LogP contribution in [0, 0.1) is 0 Å². The second-order valence-electron chi connectivity index (χ2n) is 7.04. The number of nitrogens with zero attached hydrogens (tertiary/aromatic N) is 1. The molecule has 130 valence electrons. The first kappa shape index (κ1) is 23.7. The van der Waals surface area contributed by atoms with Crippen LogP contribution in [0.25, 0.3) is 0 Å². The van der Waals surface area contributed by atoms with Gasteiger partial charge in [-0.15, -0.1) is 0 Å². The Labute approximate surface area is 144 Å². The fourth-order valence-corrected chi connectivity index (χ4v) is 2.63. The maximum Gasteiger partial charge on any atom is 0.179 e. The number of unbranched alkanes of at least 4 members (excludes halogenated alkanes) is 12. The molecule has 0 spiro atoms. The van der Waals surface area contributed by atoms with E-state index in [4.69, 9.17) is 5.11 Å². The molecule has 0 atom stereocenters. The van der Waals surface area contributed by atoms with Crippen LogP contribution in [0.3, 0.4) is 0 Å². The smallest absolute Gasteiger partial charge is 0.179 e. The number of hydrogen-bond donors (Lipinski definition) is 1. The van der Waals surface area contributed by atoms with E-state index >= 15 is 0 Å². The van der Waals surface area contributed by atoms with E-state index in [0.29, 0.717) is 0 Å². The lowest BCUT2D eigenvalue weighted by Gasteiger charge is -2.26. The first-order valence-corrected chi connectivity index (χ1v) is 9.05. The number of rotatable bonds is 15. The van der Waals surface area contributed by atoms with Gasteiger partial charge in [0, 0.05) is 0 Å². The molecule has 0 aliphatic heterocycles. The predicted octanol–water partition coefficient (Wildman–Crippen LogP) is 2.11. The van der Waals surface area contributed by atoms with Crippen LogP contribution in [0.5, 0.6) is 0 Å². The molecule has 0 aliphatic rings. The van der Waals surface area contributed by atoms with Crippen molar-refractivity contribution in [3.05, 3.63) is 0 Å². The summed E-state index contributed by atoms with van der Waals surface area (Å²) in [7, 11) is 4.20. The van der Waals surface area contributed by atoms with Crippen molar-refractivity contribution in [2.24, 2.45) is 0 Å². The van der Waals surface area contributed by atoms with Crippen LogP contribution >= 0.6 is 0 Å². The molecule has 0 radical (unpaired) electrons. The van der Waals surface area contributed by atoms with Gasteiger partial charge in [-0.25, -0.2) is 0 Å². The SMILES string of the molecule is CCCCCCCCCCCCCCC[N+](C)(C)CO.[Br-]. The molecular weight excluding hydrogens is 326 g/mol. The largest absolute Gasteiger partial charge is 1.00 e. The van der Waals surface area contributed by atoms with Crippen molar-refractivity contribution in [3.63, 3.8) is 0 Å². The molecule has 0 bridgehead atoms. The lowest BCUT2D eigenvalue weighted by molar-refractivity contribution is -0.909. The summed E-state index contributed by atoms with van der Waals surface area (Å²) in [5, 5.41) is 9.16. The minimum atomic E-state index is 0. The fourth-order valence-electron chi connectivity index (χ4n) is 2.63. The van der Waals surface area contributed by atoms with Gasteiger partial charge in [0.05, 0.1) is 20.6 Å². The second kappa shape index (κ2) is 16.8. The molecule has 3 heteroatoms. The summed E-state index contributed by atoms with van der Waals surface area (Å²) in [5.74, 6) is 0. The highest BCUT2D eigenvalue weighted by atomic mass is 79.9. The zero-order valence-electron chi connectivity index (χ0n) is 14.9. The molecule has 1 N–H and O–H groups in total. The Hall–Kier alpha value is 0.400. The summed E-state index contributed by atoms with van der Waals surface area (Å²) >= 11 is 0. The zero-order valence-corrected chi connectivity index (χ0v) is 16.5. The Morgan fingerprint density at radius 3 is 1.29 bits per heavy atom. The molecule has 0 aliphatic carbocycles. The highest BCUT2D eigenvalue weighted by Crippen LogP contribution is 2.12. The minimum Gasteiger partial charge on any atom is -1.00 e. The first-order valence-electron chi connectivity index (χ1n) is 9.05. The molecule has 0 aromatic rings. The molecule has 21 heavy (non-hydrogen) atoms. The molecule has 0 heterocycles. The third-order valence-corrected chi connectivity index (χ3v) is 4.25. The average Bonchev–Trinajstić information content (AvgIpc) is 2.44. The standard InChI is InChI=1S/C18H40NO.BrH/c1-4-5-6-7-8-9-10-11-12-13-14-15-16-17-19(2,3)18-20;/h20H,4-18H2,1-3H3;1H/q+1;/p-1. The van der Waals surface area contributed by atoms with Crippen LogP contribution in [-0.2, 0) is 0 Å². The van der Waals surface area contributed by atoms with Gasteiger partial charge >= 0.3 is 0 Å². The van der Waals surface area contributed by atoms with Gasteiger partial charge in [-0.3, -0.25) is 0 Å². The second-order valence-corrected chi connectivity index (χ2v) is 7.04. The van der Waals surface area contributed by atoms with E-state index in [2.05, 4.69) is 21.0 Å². The van der Waals surface area contributed by atoms with Gasteiger partial charge < -0.3 is 26.6 Å². The van der Waals surface area contributed by atoms with Crippen molar-refractivity contribution >= 4 is 0 Å².